The SMILES string of the molecule is CCC1CCN(C(=O)c2cncc(/C=C/C(=O)O)c2)C1. The van der Waals surface area contributed by atoms with Crippen LogP contribution in [0.4, 0.5) is 0 Å². The smallest absolute Gasteiger partial charge is 0.328 e. The van der Waals surface area contributed by atoms with Crippen molar-refractivity contribution in [2.75, 3.05) is 13.1 Å². The summed E-state index contributed by atoms with van der Waals surface area (Å²) < 4.78 is 0. The summed E-state index contributed by atoms with van der Waals surface area (Å²) in [4.78, 5) is 28.7. The van der Waals surface area contributed by atoms with E-state index in [9.17, 15) is 9.59 Å². The highest BCUT2D eigenvalue weighted by molar-refractivity contribution is 5.95. The van der Waals surface area contributed by atoms with Crippen LogP contribution >= 0.6 is 0 Å². The van der Waals surface area contributed by atoms with Gasteiger partial charge in [0.05, 0.1) is 5.56 Å². The number of hydrogen-bond donors (Lipinski definition) is 1. The van der Waals surface area contributed by atoms with Crippen molar-refractivity contribution >= 4 is 18.0 Å². The van der Waals surface area contributed by atoms with Crippen LogP contribution in [0.5, 0.6) is 0 Å². The van der Waals surface area contributed by atoms with Crippen molar-refractivity contribution in [3.63, 3.8) is 0 Å². The van der Waals surface area contributed by atoms with Gasteiger partial charge in [-0.05, 0) is 30.0 Å². The van der Waals surface area contributed by atoms with Gasteiger partial charge in [0.15, 0.2) is 0 Å². The first-order valence-electron chi connectivity index (χ1n) is 6.75. The van der Waals surface area contributed by atoms with Gasteiger partial charge in [-0.15, -0.1) is 0 Å². The fourth-order valence-corrected chi connectivity index (χ4v) is 2.37. The molecule has 20 heavy (non-hydrogen) atoms. The first-order valence-corrected chi connectivity index (χ1v) is 6.75. The lowest BCUT2D eigenvalue weighted by atomic mass is 10.1. The maximum absolute atomic E-state index is 12.3. The molecule has 106 valence electrons. The van der Waals surface area contributed by atoms with E-state index in [1.807, 2.05) is 4.90 Å². The largest absolute Gasteiger partial charge is 0.478 e. The Bertz CT molecular complexity index is 540. The van der Waals surface area contributed by atoms with E-state index in [1.165, 1.54) is 18.5 Å². The molecule has 5 nitrogen and oxygen atoms in total. The number of aromatic nitrogens is 1. The normalized spacial score (nSPS) is 18.6. The second kappa shape index (κ2) is 6.32. The van der Waals surface area contributed by atoms with Gasteiger partial charge >= 0.3 is 5.97 Å². The molecule has 0 radical (unpaired) electrons. The molecule has 0 bridgehead atoms. The number of carboxylic acids is 1. The van der Waals surface area contributed by atoms with Gasteiger partial charge in [-0.2, -0.15) is 0 Å². The quantitative estimate of drug-likeness (QED) is 0.853. The maximum Gasteiger partial charge on any atom is 0.328 e. The van der Waals surface area contributed by atoms with Crippen molar-refractivity contribution in [3.05, 3.63) is 35.7 Å². The lowest BCUT2D eigenvalue weighted by molar-refractivity contribution is -0.131. The molecule has 2 heterocycles. The van der Waals surface area contributed by atoms with Crippen LogP contribution in [0.25, 0.3) is 6.08 Å². The third-order valence-electron chi connectivity index (χ3n) is 3.58. The van der Waals surface area contributed by atoms with Crippen LogP contribution in [0.2, 0.25) is 0 Å². The number of carbonyl (C=O) groups excluding carboxylic acids is 1. The Morgan fingerprint density at radius 1 is 1.50 bits per heavy atom. The molecule has 5 heteroatoms. The van der Waals surface area contributed by atoms with E-state index >= 15 is 0 Å². The number of carbonyl (C=O) groups is 2. The number of pyridine rings is 1. The van der Waals surface area contributed by atoms with E-state index < -0.39 is 5.97 Å². The van der Waals surface area contributed by atoms with E-state index in [-0.39, 0.29) is 5.91 Å². The van der Waals surface area contributed by atoms with Gasteiger partial charge in [0.25, 0.3) is 5.91 Å². The minimum atomic E-state index is -1.02. The molecule has 1 unspecified atom stereocenters. The topological polar surface area (TPSA) is 70.5 Å². The van der Waals surface area contributed by atoms with Gasteiger partial charge in [-0.25, -0.2) is 4.79 Å². The molecule has 0 aromatic carbocycles. The minimum Gasteiger partial charge on any atom is -0.478 e. The summed E-state index contributed by atoms with van der Waals surface area (Å²) in [5.74, 6) is -0.465. The molecular weight excluding hydrogens is 256 g/mol. The van der Waals surface area contributed by atoms with Gasteiger partial charge < -0.3 is 10.0 Å². The Kier molecular flexibility index (Phi) is 4.50. The van der Waals surface area contributed by atoms with Crippen LogP contribution in [-0.2, 0) is 4.79 Å². The number of amides is 1. The number of carboxylic acid groups (broad SMARTS) is 1. The minimum absolute atomic E-state index is 0.0287. The standard InChI is InChI=1S/C15H18N2O3/c1-2-11-5-6-17(10-11)15(20)13-7-12(8-16-9-13)3-4-14(18)19/h3-4,7-9,11H,2,5-6,10H2,1H3,(H,18,19)/b4-3+. The molecule has 1 N–H and O–H groups in total. The van der Waals surface area contributed by atoms with Gasteiger partial charge in [-0.3, -0.25) is 9.78 Å². The third kappa shape index (κ3) is 3.44. The Hall–Kier alpha value is -2.17. The summed E-state index contributed by atoms with van der Waals surface area (Å²) >= 11 is 0. The molecule has 0 aliphatic carbocycles. The second-order valence-corrected chi connectivity index (χ2v) is 4.99. The molecule has 1 aliphatic rings. The number of likely N-dealkylation sites (tertiary alicyclic amines) is 1. The monoisotopic (exact) mass is 274 g/mol. The van der Waals surface area contributed by atoms with Crippen LogP contribution in [0.15, 0.2) is 24.5 Å². The van der Waals surface area contributed by atoms with E-state index in [1.54, 1.807) is 6.07 Å². The average Bonchev–Trinajstić information content (AvgIpc) is 2.93. The van der Waals surface area contributed by atoms with Gasteiger partial charge in [-0.1, -0.05) is 13.3 Å². The average molecular weight is 274 g/mol. The molecule has 1 atom stereocenters. The Labute approximate surface area is 117 Å². The summed E-state index contributed by atoms with van der Waals surface area (Å²) in [7, 11) is 0. The van der Waals surface area contributed by atoms with Crippen LogP contribution in [0.3, 0.4) is 0 Å². The van der Waals surface area contributed by atoms with Crippen molar-refractivity contribution in [2.45, 2.75) is 19.8 Å². The van der Waals surface area contributed by atoms with Gasteiger partial charge in [0.1, 0.15) is 0 Å². The highest BCUT2D eigenvalue weighted by Crippen LogP contribution is 2.21. The highest BCUT2D eigenvalue weighted by atomic mass is 16.4. The summed E-state index contributed by atoms with van der Waals surface area (Å²) in [6.45, 7) is 3.72. The summed E-state index contributed by atoms with van der Waals surface area (Å²) in [6.07, 6.45) is 7.67. The van der Waals surface area contributed by atoms with Crippen LogP contribution in [-0.4, -0.2) is 40.0 Å². The number of nitrogens with zero attached hydrogens (tertiary/aromatic N) is 2. The Morgan fingerprint density at radius 2 is 2.30 bits per heavy atom. The van der Waals surface area contributed by atoms with E-state index in [0.29, 0.717) is 17.0 Å². The Balaban J connectivity index is 2.11. The van der Waals surface area contributed by atoms with Crippen molar-refractivity contribution < 1.29 is 14.7 Å². The third-order valence-corrected chi connectivity index (χ3v) is 3.58. The van der Waals surface area contributed by atoms with E-state index in [2.05, 4.69) is 11.9 Å². The highest BCUT2D eigenvalue weighted by Gasteiger charge is 2.25. The zero-order valence-electron chi connectivity index (χ0n) is 11.5. The molecule has 1 aromatic heterocycles. The maximum atomic E-state index is 12.3. The second-order valence-electron chi connectivity index (χ2n) is 4.99. The first kappa shape index (κ1) is 14.2. The molecule has 1 fully saturated rings. The molecule has 0 saturated carbocycles. The van der Waals surface area contributed by atoms with Gasteiger partial charge in [0.2, 0.25) is 0 Å². The predicted octanol–water partition coefficient (Wildman–Crippen LogP) is 2.05. The van der Waals surface area contributed by atoms with Crippen molar-refractivity contribution in [1.82, 2.24) is 9.88 Å². The lowest BCUT2D eigenvalue weighted by Crippen LogP contribution is -2.28. The number of rotatable bonds is 4. The fraction of sp³-hybridized carbons (Fsp3) is 0.400. The van der Waals surface area contributed by atoms with E-state index in [4.69, 9.17) is 5.11 Å². The van der Waals surface area contributed by atoms with Crippen molar-refractivity contribution in [1.29, 1.82) is 0 Å². The molecule has 1 aliphatic heterocycles. The number of hydrogen-bond acceptors (Lipinski definition) is 3. The van der Waals surface area contributed by atoms with Crippen molar-refractivity contribution in [3.8, 4) is 0 Å². The Morgan fingerprint density at radius 3 is 2.95 bits per heavy atom. The predicted molar refractivity (Wildman–Crippen MR) is 75.2 cm³/mol. The molecule has 1 amide bonds. The molecule has 1 aromatic rings. The molecule has 2 rings (SSSR count). The molecule has 0 spiro atoms. The van der Waals surface area contributed by atoms with Gasteiger partial charge in [0, 0.05) is 31.6 Å². The van der Waals surface area contributed by atoms with Crippen molar-refractivity contribution in [2.24, 2.45) is 5.92 Å². The zero-order valence-corrected chi connectivity index (χ0v) is 11.5. The van der Waals surface area contributed by atoms with Crippen LogP contribution in [0.1, 0.15) is 35.7 Å². The zero-order chi connectivity index (χ0) is 14.5. The summed E-state index contributed by atoms with van der Waals surface area (Å²) in [6, 6.07) is 1.67. The lowest BCUT2D eigenvalue weighted by Gasteiger charge is -2.16. The fourth-order valence-electron chi connectivity index (χ4n) is 2.37. The number of aliphatic carboxylic acids is 1. The first-order chi connectivity index (χ1) is 9.60. The molecule has 1 saturated heterocycles. The van der Waals surface area contributed by atoms with Crippen LogP contribution in [0, 0.1) is 5.92 Å². The summed E-state index contributed by atoms with van der Waals surface area (Å²) in [5.41, 5.74) is 1.12. The van der Waals surface area contributed by atoms with E-state index in [0.717, 1.165) is 32.0 Å². The molecular formula is C15H18N2O3. The summed E-state index contributed by atoms with van der Waals surface area (Å²) in [5, 5.41) is 8.60. The van der Waals surface area contributed by atoms with Crippen LogP contribution < -0.4 is 0 Å².